The molecule has 1 unspecified atom stereocenters. The summed E-state index contributed by atoms with van der Waals surface area (Å²) in [6.45, 7) is -0.165. The molecule has 9 heteroatoms. The molecule has 2 fully saturated rings. The summed E-state index contributed by atoms with van der Waals surface area (Å²) < 4.78 is 7.58. The van der Waals surface area contributed by atoms with Crippen molar-refractivity contribution in [2.45, 2.75) is 62.6 Å². The largest absolute Gasteiger partial charge is 0.394 e. The number of nitrogens with one attached hydrogen (secondary N) is 1. The zero-order valence-corrected chi connectivity index (χ0v) is 14.0. The molecule has 2 aliphatic rings. The Kier molecular flexibility index (Phi) is 4.55. The normalized spacial score (nSPS) is 31.0. The van der Waals surface area contributed by atoms with Gasteiger partial charge in [0.25, 0.3) is 0 Å². The maximum atomic E-state index is 10.9. The van der Waals surface area contributed by atoms with E-state index in [4.69, 9.17) is 10.5 Å². The summed E-state index contributed by atoms with van der Waals surface area (Å²) in [5.41, 5.74) is 6.81. The van der Waals surface area contributed by atoms with Gasteiger partial charge < -0.3 is 26.0 Å². The van der Waals surface area contributed by atoms with Crippen molar-refractivity contribution in [1.29, 1.82) is 0 Å². The summed E-state index contributed by atoms with van der Waals surface area (Å²) >= 11 is 0. The second-order valence-electron chi connectivity index (χ2n) is 6.85. The third kappa shape index (κ3) is 2.97. The zero-order chi connectivity index (χ0) is 17.4. The minimum Gasteiger partial charge on any atom is -0.394 e. The highest BCUT2D eigenvalue weighted by Crippen LogP contribution is 2.33. The van der Waals surface area contributed by atoms with E-state index in [2.05, 4.69) is 20.3 Å². The molecular weight excluding hydrogens is 324 g/mol. The fourth-order valence-corrected chi connectivity index (χ4v) is 3.93. The lowest BCUT2D eigenvalue weighted by Crippen LogP contribution is -2.50. The van der Waals surface area contributed by atoms with Crippen LogP contribution in [0.2, 0.25) is 0 Å². The molecular formula is C16H24N6O3. The van der Waals surface area contributed by atoms with Gasteiger partial charge in [-0.05, 0) is 12.8 Å². The van der Waals surface area contributed by atoms with Crippen molar-refractivity contribution in [3.63, 3.8) is 0 Å². The number of anilines is 1. The predicted molar refractivity (Wildman–Crippen MR) is 90.5 cm³/mol. The standard InChI is InChI=1S/C16H24N6O3/c17-14-12-15(19-7-18-14)22(8-20-12)16-13(24)11(10(6-23)25-16)21-9-4-2-1-3-5-9/h7-11,13,16,21,23-24H,1-6H2,(H2,17,18,19)/t10-,11?,13-,16-/m1/s1. The number of aliphatic hydroxyl groups excluding tert-OH is 2. The average molecular weight is 348 g/mol. The second kappa shape index (κ2) is 6.83. The van der Waals surface area contributed by atoms with Crippen molar-refractivity contribution in [2.75, 3.05) is 12.3 Å². The van der Waals surface area contributed by atoms with Gasteiger partial charge in [-0.2, -0.15) is 0 Å². The predicted octanol–water partition coefficient (Wildman–Crippen LogP) is -0.0500. The van der Waals surface area contributed by atoms with Crippen molar-refractivity contribution in [3.05, 3.63) is 12.7 Å². The summed E-state index contributed by atoms with van der Waals surface area (Å²) in [6.07, 6.45) is 6.72. The lowest BCUT2D eigenvalue weighted by Gasteiger charge is -2.29. The highest BCUT2D eigenvalue weighted by Gasteiger charge is 2.45. The highest BCUT2D eigenvalue weighted by atomic mass is 16.5. The van der Waals surface area contributed by atoms with Crippen LogP contribution >= 0.6 is 0 Å². The Morgan fingerprint density at radius 3 is 2.80 bits per heavy atom. The fraction of sp³-hybridized carbons (Fsp3) is 0.688. The van der Waals surface area contributed by atoms with Gasteiger partial charge in [0.05, 0.1) is 19.0 Å². The fourth-order valence-electron chi connectivity index (χ4n) is 3.93. The van der Waals surface area contributed by atoms with E-state index in [1.807, 2.05) is 0 Å². The van der Waals surface area contributed by atoms with Crippen LogP contribution in [0.3, 0.4) is 0 Å². The third-order valence-corrected chi connectivity index (χ3v) is 5.25. The number of fused-ring (bicyclic) bond motifs is 1. The smallest absolute Gasteiger partial charge is 0.167 e. The molecule has 136 valence electrons. The number of rotatable bonds is 4. The van der Waals surface area contributed by atoms with Crippen LogP contribution in [0, 0.1) is 0 Å². The molecule has 0 spiro atoms. The summed E-state index contributed by atoms with van der Waals surface area (Å²) in [5, 5.41) is 24.1. The van der Waals surface area contributed by atoms with Crippen LogP contribution in [-0.2, 0) is 4.74 Å². The molecule has 0 bridgehead atoms. The SMILES string of the molecule is Nc1ncnc2c1ncn2[C@@H]1O[C@H](CO)C(NC2CCCCC2)[C@H]1O. The molecule has 1 aliphatic heterocycles. The van der Waals surface area contributed by atoms with Gasteiger partial charge in [-0.25, -0.2) is 15.0 Å². The number of aliphatic hydroxyl groups is 2. The first kappa shape index (κ1) is 16.6. The minimum atomic E-state index is -0.826. The van der Waals surface area contributed by atoms with Crippen LogP contribution in [-0.4, -0.2) is 60.6 Å². The molecule has 0 amide bonds. The van der Waals surface area contributed by atoms with E-state index in [0.717, 1.165) is 12.8 Å². The lowest BCUT2D eigenvalue weighted by atomic mass is 9.93. The van der Waals surface area contributed by atoms with E-state index in [1.165, 1.54) is 25.6 Å². The van der Waals surface area contributed by atoms with Crippen LogP contribution in [0.5, 0.6) is 0 Å². The average Bonchev–Trinajstić information content (AvgIpc) is 3.19. The molecule has 4 atom stereocenters. The molecule has 1 saturated carbocycles. The molecule has 9 nitrogen and oxygen atoms in total. The number of nitrogens with zero attached hydrogens (tertiary/aromatic N) is 4. The number of ether oxygens (including phenoxy) is 1. The topological polar surface area (TPSA) is 131 Å². The highest BCUT2D eigenvalue weighted by molar-refractivity contribution is 5.81. The number of hydrogen-bond acceptors (Lipinski definition) is 8. The second-order valence-corrected chi connectivity index (χ2v) is 6.85. The first-order valence-corrected chi connectivity index (χ1v) is 8.82. The van der Waals surface area contributed by atoms with Gasteiger partial charge in [-0.3, -0.25) is 4.57 Å². The van der Waals surface area contributed by atoms with E-state index in [9.17, 15) is 10.2 Å². The molecule has 1 aliphatic carbocycles. The Bertz CT molecular complexity index is 732. The van der Waals surface area contributed by atoms with Gasteiger partial charge in [-0.15, -0.1) is 0 Å². The molecule has 5 N–H and O–H groups in total. The van der Waals surface area contributed by atoms with E-state index in [-0.39, 0.29) is 18.5 Å². The molecule has 1 saturated heterocycles. The number of hydrogen-bond donors (Lipinski definition) is 4. The van der Waals surface area contributed by atoms with Crippen LogP contribution in [0.25, 0.3) is 11.2 Å². The number of imidazole rings is 1. The molecule has 25 heavy (non-hydrogen) atoms. The molecule has 3 heterocycles. The molecule has 2 aromatic heterocycles. The third-order valence-electron chi connectivity index (χ3n) is 5.25. The van der Waals surface area contributed by atoms with Gasteiger partial charge in [0.1, 0.15) is 24.1 Å². The summed E-state index contributed by atoms with van der Waals surface area (Å²) in [5.74, 6) is 0.284. The Labute approximate surface area is 145 Å². The Hall–Kier alpha value is -1.81. The van der Waals surface area contributed by atoms with Gasteiger partial charge in [0.2, 0.25) is 0 Å². The maximum absolute atomic E-state index is 10.9. The van der Waals surface area contributed by atoms with Crippen LogP contribution in [0.4, 0.5) is 5.82 Å². The molecule has 0 aromatic carbocycles. The number of nitrogen functional groups attached to an aromatic ring is 1. The zero-order valence-electron chi connectivity index (χ0n) is 14.0. The first-order valence-electron chi connectivity index (χ1n) is 8.82. The molecule has 4 rings (SSSR count). The van der Waals surface area contributed by atoms with Gasteiger partial charge in [-0.1, -0.05) is 19.3 Å². The van der Waals surface area contributed by atoms with Gasteiger partial charge in [0.15, 0.2) is 17.7 Å². The number of aromatic nitrogens is 4. The lowest BCUT2D eigenvalue weighted by molar-refractivity contribution is -0.0490. The van der Waals surface area contributed by atoms with Crippen LogP contribution in [0.15, 0.2) is 12.7 Å². The van der Waals surface area contributed by atoms with Crippen molar-refractivity contribution in [1.82, 2.24) is 24.8 Å². The Morgan fingerprint density at radius 1 is 1.24 bits per heavy atom. The van der Waals surface area contributed by atoms with Gasteiger partial charge >= 0.3 is 0 Å². The summed E-state index contributed by atoms with van der Waals surface area (Å²) in [4.78, 5) is 12.4. The van der Waals surface area contributed by atoms with E-state index in [0.29, 0.717) is 17.2 Å². The van der Waals surface area contributed by atoms with Crippen molar-refractivity contribution >= 4 is 17.0 Å². The molecule has 0 radical (unpaired) electrons. The maximum Gasteiger partial charge on any atom is 0.167 e. The number of nitrogens with two attached hydrogens (primary N) is 1. The van der Waals surface area contributed by atoms with Crippen LogP contribution < -0.4 is 11.1 Å². The summed E-state index contributed by atoms with van der Waals surface area (Å²) in [6, 6.07) is 0.0111. The van der Waals surface area contributed by atoms with E-state index >= 15 is 0 Å². The minimum absolute atomic E-state index is 0.165. The molecule has 2 aromatic rings. The first-order chi connectivity index (χ1) is 12.2. The quantitative estimate of drug-likeness (QED) is 0.605. The Morgan fingerprint density at radius 2 is 2.04 bits per heavy atom. The van der Waals surface area contributed by atoms with E-state index < -0.39 is 18.4 Å². The van der Waals surface area contributed by atoms with Crippen molar-refractivity contribution in [3.8, 4) is 0 Å². The van der Waals surface area contributed by atoms with E-state index in [1.54, 1.807) is 10.9 Å². The summed E-state index contributed by atoms with van der Waals surface area (Å²) in [7, 11) is 0. The van der Waals surface area contributed by atoms with Crippen molar-refractivity contribution in [2.24, 2.45) is 0 Å². The van der Waals surface area contributed by atoms with Gasteiger partial charge in [0, 0.05) is 6.04 Å². The van der Waals surface area contributed by atoms with Crippen LogP contribution in [0.1, 0.15) is 38.3 Å². The monoisotopic (exact) mass is 348 g/mol. The van der Waals surface area contributed by atoms with Crippen molar-refractivity contribution < 1.29 is 14.9 Å². The Balaban J connectivity index is 1.59.